The first-order valence-corrected chi connectivity index (χ1v) is 21.1. The molecule has 1 fully saturated rings. The summed E-state index contributed by atoms with van der Waals surface area (Å²) in [5.74, 6) is -0.296. The number of unbranched alkanes of at least 4 members (excludes halogenated alkanes) is 1. The van der Waals surface area contributed by atoms with Crippen molar-refractivity contribution in [1.82, 2.24) is 15.0 Å². The third-order valence-electron chi connectivity index (χ3n) is 10.7. The number of hydrogen-bond acceptors (Lipinski definition) is 10. The fourth-order valence-electron chi connectivity index (χ4n) is 8.34. The predicted octanol–water partition coefficient (Wildman–Crippen LogP) is 5.48. The molecule has 278 valence electrons. The Balaban J connectivity index is 1.31. The van der Waals surface area contributed by atoms with Crippen molar-refractivity contribution in [3.8, 4) is 11.5 Å². The van der Waals surface area contributed by atoms with E-state index in [1.807, 2.05) is 68.5 Å². The Bertz CT molecular complexity index is 2030. The van der Waals surface area contributed by atoms with Crippen LogP contribution in [0.1, 0.15) is 54.2 Å². The van der Waals surface area contributed by atoms with Gasteiger partial charge in [-0.3, -0.25) is 24.0 Å². The molecule has 0 aliphatic carbocycles. The number of fused-ring (bicyclic) bond motifs is 4. The van der Waals surface area contributed by atoms with Gasteiger partial charge in [-0.1, -0.05) is 36.4 Å². The third-order valence-corrected chi connectivity index (χ3v) is 13.2. The van der Waals surface area contributed by atoms with Crippen molar-refractivity contribution in [3.05, 3.63) is 89.7 Å². The molecule has 0 radical (unpaired) electrons. The molecule has 0 unspecified atom stereocenters. The molecule has 1 spiro atoms. The number of aromatic nitrogens is 3. The van der Waals surface area contributed by atoms with Gasteiger partial charge in [-0.05, 0) is 74.8 Å². The van der Waals surface area contributed by atoms with Gasteiger partial charge in [0, 0.05) is 61.4 Å². The summed E-state index contributed by atoms with van der Waals surface area (Å²) in [6.45, 7) is 6.48. The second-order valence-corrected chi connectivity index (χ2v) is 18.5. The molecule has 2 N–H and O–H groups in total. The highest BCUT2D eigenvalue weighted by molar-refractivity contribution is 6.71. The number of ether oxygens (including phenoxy) is 3. The molecular weight excluding hydrogens is 695 g/mol. The number of esters is 1. The Kier molecular flexibility index (Phi) is 9.98. The highest BCUT2D eigenvalue weighted by atomic mass is 28.4. The minimum Gasteiger partial charge on any atom is -0.469 e. The number of aryl methyl sites for hydroxylation is 1. The number of benzene rings is 3. The maximum Gasteiger partial charge on any atom is 0.305 e. The molecule has 4 atom stereocenters. The largest absolute Gasteiger partial charge is 0.469 e. The Morgan fingerprint density at radius 2 is 1.75 bits per heavy atom. The Morgan fingerprint density at radius 3 is 2.51 bits per heavy atom. The van der Waals surface area contributed by atoms with Gasteiger partial charge in [-0.25, -0.2) is 0 Å². The average Bonchev–Trinajstić information content (AvgIpc) is 3.76. The third kappa shape index (κ3) is 6.53. The SMILES string of the molecule is COC(=O)CCCCN1C(=O)[C@]2(O[C@H](CCn3cc(CCO)nn3)[C@@H]([Si](C)(C)O)[C@@H]2C)c2cc(N3C(=O)c4ccccc4Oc4ccccc43)ccc21. The van der Waals surface area contributed by atoms with E-state index in [0.717, 1.165) is 0 Å². The number of carbonyl (C=O) groups excluding carboxylic acids is 3. The zero-order chi connectivity index (χ0) is 37.5. The molecule has 53 heavy (non-hydrogen) atoms. The van der Waals surface area contributed by atoms with Crippen molar-refractivity contribution in [3.63, 3.8) is 0 Å². The number of rotatable bonds is 12. The van der Waals surface area contributed by atoms with Crippen LogP contribution in [0.3, 0.4) is 0 Å². The van der Waals surface area contributed by atoms with Crippen LogP contribution in [-0.2, 0) is 37.6 Å². The lowest BCUT2D eigenvalue weighted by Gasteiger charge is -2.32. The molecule has 3 aliphatic rings. The van der Waals surface area contributed by atoms with E-state index in [0.29, 0.717) is 84.2 Å². The highest BCUT2D eigenvalue weighted by Gasteiger charge is 2.66. The zero-order valence-electron chi connectivity index (χ0n) is 30.4. The first-order chi connectivity index (χ1) is 25.5. The quantitative estimate of drug-likeness (QED) is 0.108. The van der Waals surface area contributed by atoms with E-state index in [-0.39, 0.29) is 36.4 Å². The fraction of sp³-hybridized carbons (Fsp3) is 0.410. The van der Waals surface area contributed by atoms with Gasteiger partial charge in [0.1, 0.15) is 5.75 Å². The van der Waals surface area contributed by atoms with Gasteiger partial charge in [0.2, 0.25) is 0 Å². The minimum atomic E-state index is -2.97. The number of methoxy groups -OCH3 is 1. The highest BCUT2D eigenvalue weighted by Crippen LogP contribution is 2.60. The van der Waals surface area contributed by atoms with Gasteiger partial charge in [-0.15, -0.1) is 5.10 Å². The summed E-state index contributed by atoms with van der Waals surface area (Å²) in [6, 6.07) is 20.1. The van der Waals surface area contributed by atoms with Gasteiger partial charge in [0.25, 0.3) is 11.8 Å². The van der Waals surface area contributed by atoms with Crippen LogP contribution in [0.5, 0.6) is 11.5 Å². The number of aliphatic hydroxyl groups is 1. The molecule has 3 aliphatic heterocycles. The topological polar surface area (TPSA) is 157 Å². The summed E-state index contributed by atoms with van der Waals surface area (Å²) in [7, 11) is -1.61. The van der Waals surface area contributed by atoms with Crippen LogP contribution in [-0.4, -0.2) is 77.4 Å². The molecule has 13 nitrogen and oxygen atoms in total. The first-order valence-electron chi connectivity index (χ1n) is 18.1. The number of amides is 2. The lowest BCUT2D eigenvalue weighted by Crippen LogP contribution is -2.46. The summed E-state index contributed by atoms with van der Waals surface area (Å²) < 4.78 is 19.9. The predicted molar refractivity (Wildman–Crippen MR) is 199 cm³/mol. The maximum atomic E-state index is 15.0. The molecule has 14 heteroatoms. The summed E-state index contributed by atoms with van der Waals surface area (Å²) >= 11 is 0. The minimum absolute atomic E-state index is 0.0340. The standard InChI is InChI=1S/C39H45N5O8Si/c1-25-36(53(3,4)49)34(18-21-42-24-26(19-22-45)40-41-42)52-39(25)29-23-27(16-17-30(29)43(38(39)48)20-10-9-15-35(46)50-2)44-31-12-6-8-14-33(31)51-32-13-7-5-11-28(32)37(44)47/h5-8,11-14,16-17,23-25,34,36,45,49H,9-10,15,18-22H2,1-4H3/t25-,34+,36-,39+/m0/s1. The van der Waals surface area contributed by atoms with E-state index in [9.17, 15) is 19.5 Å². The molecule has 4 heterocycles. The molecular formula is C39H45N5O8Si. The fourth-order valence-corrected chi connectivity index (χ4v) is 10.9. The molecule has 0 bridgehead atoms. The van der Waals surface area contributed by atoms with Crippen LogP contribution in [0.2, 0.25) is 18.6 Å². The van der Waals surface area contributed by atoms with Crippen LogP contribution in [0.15, 0.2) is 72.9 Å². The molecule has 1 saturated heterocycles. The summed E-state index contributed by atoms with van der Waals surface area (Å²) in [4.78, 5) is 56.4. The van der Waals surface area contributed by atoms with Crippen molar-refractivity contribution < 1.29 is 38.5 Å². The molecule has 2 amide bonds. The summed E-state index contributed by atoms with van der Waals surface area (Å²) in [6.07, 6.45) is 3.46. The van der Waals surface area contributed by atoms with E-state index in [2.05, 4.69) is 10.3 Å². The van der Waals surface area contributed by atoms with Crippen molar-refractivity contribution >= 4 is 43.2 Å². The second kappa shape index (κ2) is 14.5. The number of aliphatic hydroxyl groups excluding tert-OH is 1. The number of anilines is 3. The van der Waals surface area contributed by atoms with Crippen LogP contribution in [0, 0.1) is 5.92 Å². The number of hydrogen-bond donors (Lipinski definition) is 2. The molecule has 7 rings (SSSR count). The zero-order valence-corrected chi connectivity index (χ0v) is 31.4. The number of carbonyl (C=O) groups is 3. The van der Waals surface area contributed by atoms with E-state index in [4.69, 9.17) is 14.2 Å². The smallest absolute Gasteiger partial charge is 0.305 e. The van der Waals surface area contributed by atoms with E-state index < -0.39 is 25.9 Å². The van der Waals surface area contributed by atoms with E-state index >= 15 is 4.79 Å². The molecule has 4 aromatic rings. The first kappa shape index (κ1) is 36.5. The Morgan fingerprint density at radius 1 is 1.00 bits per heavy atom. The normalized spacial score (nSPS) is 22.0. The van der Waals surface area contributed by atoms with Crippen LogP contribution in [0.4, 0.5) is 17.1 Å². The van der Waals surface area contributed by atoms with E-state index in [1.54, 1.807) is 38.9 Å². The van der Waals surface area contributed by atoms with Crippen molar-refractivity contribution in [2.45, 2.75) is 75.9 Å². The van der Waals surface area contributed by atoms with Crippen LogP contribution >= 0.6 is 0 Å². The Labute approximate surface area is 309 Å². The number of para-hydroxylation sites is 3. The lowest BCUT2D eigenvalue weighted by molar-refractivity contribution is -0.146. The Hall–Kier alpha value is -4.89. The van der Waals surface area contributed by atoms with Gasteiger partial charge in [-0.2, -0.15) is 0 Å². The summed E-state index contributed by atoms with van der Waals surface area (Å²) in [5.41, 5.74) is 1.67. The number of nitrogens with zero attached hydrogens (tertiary/aromatic N) is 5. The summed E-state index contributed by atoms with van der Waals surface area (Å²) in [5, 5.41) is 17.7. The van der Waals surface area contributed by atoms with Crippen molar-refractivity contribution in [2.24, 2.45) is 5.92 Å². The van der Waals surface area contributed by atoms with E-state index in [1.165, 1.54) is 7.11 Å². The van der Waals surface area contributed by atoms with Gasteiger partial charge < -0.3 is 29.0 Å². The molecule has 1 aromatic heterocycles. The van der Waals surface area contributed by atoms with Gasteiger partial charge >= 0.3 is 5.97 Å². The average molecular weight is 740 g/mol. The van der Waals surface area contributed by atoms with Crippen molar-refractivity contribution in [1.29, 1.82) is 0 Å². The lowest BCUT2D eigenvalue weighted by atomic mass is 9.82. The van der Waals surface area contributed by atoms with Gasteiger partial charge in [0.15, 0.2) is 19.7 Å². The van der Waals surface area contributed by atoms with Gasteiger partial charge in [0.05, 0.1) is 35.8 Å². The molecule has 0 saturated carbocycles. The van der Waals surface area contributed by atoms with Crippen LogP contribution < -0.4 is 14.5 Å². The maximum absolute atomic E-state index is 15.0. The monoisotopic (exact) mass is 739 g/mol. The molecule has 3 aromatic carbocycles. The van der Waals surface area contributed by atoms with Crippen molar-refractivity contribution in [2.75, 3.05) is 30.1 Å². The second-order valence-electron chi connectivity index (χ2n) is 14.5. The van der Waals surface area contributed by atoms with Crippen LogP contribution in [0.25, 0.3) is 0 Å².